The van der Waals surface area contributed by atoms with Crippen molar-refractivity contribution in [1.82, 2.24) is 0 Å². The van der Waals surface area contributed by atoms with Crippen LogP contribution in [0.4, 0.5) is 11.4 Å². The molecular weight excluding hydrogens is 429 g/mol. The number of rotatable bonds is 6. The molecule has 0 amide bonds. The van der Waals surface area contributed by atoms with E-state index in [-0.39, 0.29) is 5.69 Å². The van der Waals surface area contributed by atoms with Gasteiger partial charge in [-0.25, -0.2) is 4.85 Å². The third kappa shape index (κ3) is 4.52. The summed E-state index contributed by atoms with van der Waals surface area (Å²) in [6.07, 6.45) is 2.88. The molecule has 160 valence electrons. The highest BCUT2D eigenvalue weighted by molar-refractivity contribution is 7.87. The minimum absolute atomic E-state index is 0.0401. The SMILES string of the molecule is [C-]#[N+]C=Cc1cc([N+](=O)[O-])ccc1N=P(c1ccccc1)(c1ccccc1)c1ccccc1. The normalized spacial score (nSPS) is 11.1. The summed E-state index contributed by atoms with van der Waals surface area (Å²) in [5.41, 5.74) is 1.10. The van der Waals surface area contributed by atoms with E-state index in [1.165, 1.54) is 18.3 Å². The van der Waals surface area contributed by atoms with E-state index in [9.17, 15) is 10.1 Å². The van der Waals surface area contributed by atoms with Crippen LogP contribution >= 0.6 is 7.05 Å². The van der Waals surface area contributed by atoms with Crippen LogP contribution in [-0.4, -0.2) is 4.92 Å². The summed E-state index contributed by atoms with van der Waals surface area (Å²) in [6.45, 7) is 7.12. The lowest BCUT2D eigenvalue weighted by molar-refractivity contribution is -0.384. The van der Waals surface area contributed by atoms with E-state index < -0.39 is 12.0 Å². The van der Waals surface area contributed by atoms with Crippen LogP contribution in [0, 0.1) is 16.7 Å². The van der Waals surface area contributed by atoms with Gasteiger partial charge in [0.2, 0.25) is 0 Å². The van der Waals surface area contributed by atoms with Gasteiger partial charge in [-0.3, -0.25) is 14.9 Å². The molecule has 33 heavy (non-hydrogen) atoms. The first-order valence-corrected chi connectivity index (χ1v) is 12.0. The molecule has 0 fully saturated rings. The van der Waals surface area contributed by atoms with E-state index in [2.05, 4.69) is 41.2 Å². The Kier molecular flexibility index (Phi) is 6.59. The molecule has 0 saturated carbocycles. The summed E-state index contributed by atoms with van der Waals surface area (Å²) in [6, 6.07) is 35.0. The van der Waals surface area contributed by atoms with Gasteiger partial charge in [0, 0.05) is 28.0 Å². The highest BCUT2D eigenvalue weighted by Gasteiger charge is 2.27. The van der Waals surface area contributed by atoms with Crippen LogP contribution in [-0.2, 0) is 0 Å². The zero-order valence-corrected chi connectivity index (χ0v) is 18.5. The fraction of sp³-hybridized carbons (Fsp3) is 0. The van der Waals surface area contributed by atoms with Crippen LogP contribution in [0.2, 0.25) is 0 Å². The molecule has 6 heteroatoms. The quantitative estimate of drug-likeness (QED) is 0.150. The molecule has 5 nitrogen and oxygen atoms in total. The van der Waals surface area contributed by atoms with Crippen LogP contribution in [0.15, 0.2) is 120 Å². The third-order valence-corrected chi connectivity index (χ3v) is 8.85. The minimum Gasteiger partial charge on any atom is -0.258 e. The average Bonchev–Trinajstić information content (AvgIpc) is 2.88. The van der Waals surface area contributed by atoms with Crippen molar-refractivity contribution in [2.75, 3.05) is 0 Å². The maximum Gasteiger partial charge on any atom is 0.270 e. The van der Waals surface area contributed by atoms with Gasteiger partial charge in [0.05, 0.1) is 24.2 Å². The smallest absolute Gasteiger partial charge is 0.258 e. The molecule has 0 radical (unpaired) electrons. The Morgan fingerprint density at radius 1 is 0.788 bits per heavy atom. The Hall–Kier alpha value is -4.26. The van der Waals surface area contributed by atoms with Crippen molar-refractivity contribution in [3.05, 3.63) is 142 Å². The zero-order chi connectivity index (χ0) is 23.1. The number of nitro groups is 1. The predicted octanol–water partition coefficient (Wildman–Crippen LogP) is 6.29. The summed E-state index contributed by atoms with van der Waals surface area (Å²) in [5, 5.41) is 14.6. The van der Waals surface area contributed by atoms with Gasteiger partial charge in [0.15, 0.2) is 6.20 Å². The van der Waals surface area contributed by atoms with Crippen LogP contribution in [0.3, 0.4) is 0 Å². The summed E-state index contributed by atoms with van der Waals surface area (Å²) in [7, 11) is -2.53. The molecule has 0 saturated heterocycles. The lowest BCUT2D eigenvalue weighted by atomic mass is 10.1. The number of benzene rings is 4. The molecule has 0 spiro atoms. The number of hydrogen-bond donors (Lipinski definition) is 0. The summed E-state index contributed by atoms with van der Waals surface area (Å²) in [4.78, 5) is 14.2. The molecule has 4 rings (SSSR count). The first kappa shape index (κ1) is 22.0. The highest BCUT2D eigenvalue weighted by Crippen LogP contribution is 2.50. The van der Waals surface area contributed by atoms with E-state index in [1.54, 1.807) is 12.1 Å². The van der Waals surface area contributed by atoms with Crippen molar-refractivity contribution in [2.45, 2.75) is 0 Å². The first-order chi connectivity index (χ1) is 16.1. The molecule has 0 heterocycles. The molecule has 0 aliphatic carbocycles. The summed E-state index contributed by atoms with van der Waals surface area (Å²) in [5.74, 6) is 0. The summed E-state index contributed by atoms with van der Waals surface area (Å²) < 4.78 is 5.39. The van der Waals surface area contributed by atoms with Gasteiger partial charge in [-0.2, -0.15) is 0 Å². The Bertz CT molecular complexity index is 1290. The topological polar surface area (TPSA) is 59.9 Å². The van der Waals surface area contributed by atoms with Crippen molar-refractivity contribution in [2.24, 2.45) is 4.74 Å². The van der Waals surface area contributed by atoms with E-state index in [1.807, 2.05) is 54.6 Å². The Balaban J connectivity index is 2.14. The van der Waals surface area contributed by atoms with E-state index in [0.717, 1.165) is 15.9 Å². The second-order valence-electron chi connectivity index (χ2n) is 7.19. The van der Waals surface area contributed by atoms with Crippen molar-refractivity contribution >= 4 is 40.4 Å². The molecule has 0 aliphatic rings. The van der Waals surface area contributed by atoms with Gasteiger partial charge in [0.1, 0.15) is 0 Å². The van der Waals surface area contributed by atoms with Crippen molar-refractivity contribution < 1.29 is 4.92 Å². The molecule has 0 N–H and O–H groups in total. The number of nitro benzene ring substituents is 1. The lowest BCUT2D eigenvalue weighted by Crippen LogP contribution is -2.25. The molecule has 4 aromatic rings. The molecule has 0 aromatic heterocycles. The number of non-ortho nitro benzene ring substituents is 1. The van der Waals surface area contributed by atoms with E-state index in [0.29, 0.717) is 11.3 Å². The highest BCUT2D eigenvalue weighted by atomic mass is 31.2. The van der Waals surface area contributed by atoms with Gasteiger partial charge < -0.3 is 0 Å². The molecular formula is C27H20N3O2P. The van der Waals surface area contributed by atoms with Gasteiger partial charge >= 0.3 is 0 Å². The fourth-order valence-corrected chi connectivity index (χ4v) is 7.27. The average molecular weight is 449 g/mol. The Morgan fingerprint density at radius 3 is 1.70 bits per heavy atom. The molecule has 0 unspecified atom stereocenters. The molecule has 0 aliphatic heterocycles. The van der Waals surface area contributed by atoms with E-state index in [4.69, 9.17) is 11.3 Å². The minimum atomic E-state index is -2.53. The van der Waals surface area contributed by atoms with E-state index >= 15 is 0 Å². The Labute approximate surface area is 192 Å². The van der Waals surface area contributed by atoms with Gasteiger partial charge in [-0.15, -0.1) is 0 Å². The maximum atomic E-state index is 11.4. The zero-order valence-electron chi connectivity index (χ0n) is 17.7. The van der Waals surface area contributed by atoms with Crippen LogP contribution in [0.5, 0.6) is 0 Å². The predicted molar refractivity (Wildman–Crippen MR) is 136 cm³/mol. The lowest BCUT2D eigenvalue weighted by Gasteiger charge is -2.27. The monoisotopic (exact) mass is 449 g/mol. The fourth-order valence-electron chi connectivity index (χ4n) is 3.71. The summed E-state index contributed by atoms with van der Waals surface area (Å²) >= 11 is 0. The second-order valence-corrected chi connectivity index (χ2v) is 10.2. The van der Waals surface area contributed by atoms with Crippen LogP contribution < -0.4 is 15.9 Å². The van der Waals surface area contributed by atoms with Crippen LogP contribution in [0.1, 0.15) is 5.56 Å². The van der Waals surface area contributed by atoms with Crippen molar-refractivity contribution in [3.63, 3.8) is 0 Å². The van der Waals surface area contributed by atoms with Gasteiger partial charge in [-0.1, -0.05) is 97.1 Å². The number of nitrogens with zero attached hydrogens (tertiary/aromatic N) is 3. The molecule has 4 aromatic carbocycles. The molecule has 0 bridgehead atoms. The second kappa shape index (κ2) is 9.91. The third-order valence-electron chi connectivity index (χ3n) is 5.20. The maximum absolute atomic E-state index is 11.4. The van der Waals surface area contributed by atoms with Crippen molar-refractivity contribution in [1.29, 1.82) is 0 Å². The largest absolute Gasteiger partial charge is 0.270 e. The van der Waals surface area contributed by atoms with Crippen LogP contribution in [0.25, 0.3) is 10.9 Å². The molecule has 0 atom stereocenters. The standard InChI is InChI=1S/C27H20N3O2P/c1-28-20-19-22-21-23(30(31)32)17-18-27(22)29-33(24-11-5-2-6-12-24,25-13-7-3-8-14-25)26-15-9-4-10-16-26/h2-21H. The first-order valence-electron chi connectivity index (χ1n) is 10.3. The number of hydrogen-bond acceptors (Lipinski definition) is 3. The Morgan fingerprint density at radius 2 is 1.27 bits per heavy atom. The van der Waals surface area contributed by atoms with Crippen molar-refractivity contribution in [3.8, 4) is 0 Å². The van der Waals surface area contributed by atoms with Gasteiger partial charge in [0.25, 0.3) is 5.69 Å². The van der Waals surface area contributed by atoms with Gasteiger partial charge in [-0.05, 0) is 11.6 Å².